The molecule has 1 heterocycles. The van der Waals surface area contributed by atoms with Gasteiger partial charge in [-0.1, -0.05) is 42.5 Å². The highest BCUT2D eigenvalue weighted by Crippen LogP contribution is 2.18. The number of para-hydroxylation sites is 1. The van der Waals surface area contributed by atoms with Gasteiger partial charge < -0.3 is 20.2 Å². The van der Waals surface area contributed by atoms with Crippen molar-refractivity contribution in [3.05, 3.63) is 94.0 Å². The lowest BCUT2D eigenvalue weighted by Gasteiger charge is -2.12. The smallest absolute Gasteiger partial charge is 0.337 e. The number of hydrogen-bond acceptors (Lipinski definition) is 4. The van der Waals surface area contributed by atoms with E-state index in [2.05, 4.69) is 26.6 Å². The molecule has 2 aromatic carbocycles. The molecule has 0 aliphatic heterocycles. The molecule has 146 valence electrons. The van der Waals surface area contributed by atoms with Crippen LogP contribution in [0.25, 0.3) is 6.08 Å². The first-order valence-corrected chi connectivity index (χ1v) is 9.20. The molecule has 0 saturated heterocycles. The molecule has 0 bridgehead atoms. The Morgan fingerprint density at radius 1 is 0.931 bits per heavy atom. The number of aromatic carboxylic acids is 1. The lowest BCUT2D eigenvalue weighted by molar-refractivity contribution is -0.113. The minimum Gasteiger partial charge on any atom is -0.478 e. The molecular formula is C21H15BrN2O5. The summed E-state index contributed by atoms with van der Waals surface area (Å²) in [6.45, 7) is 0. The molecular weight excluding hydrogens is 440 g/mol. The van der Waals surface area contributed by atoms with Crippen LogP contribution < -0.4 is 10.6 Å². The van der Waals surface area contributed by atoms with Crippen LogP contribution in [0.1, 0.15) is 26.5 Å². The second-order valence-electron chi connectivity index (χ2n) is 5.83. The number of nitrogens with one attached hydrogen (secondary N) is 2. The standard InChI is InChI=1S/C21H15BrN2O5/c22-18-11-10-17(29-18)20(26)24-16(12-13-6-2-1-3-7-13)19(25)23-15-9-5-4-8-14(15)21(27)28/h1-12H,(H,23,25)(H,24,26)(H,27,28). The maximum absolute atomic E-state index is 12.8. The minimum absolute atomic E-state index is 0.00886. The summed E-state index contributed by atoms with van der Waals surface area (Å²) in [6, 6.07) is 17.9. The second-order valence-corrected chi connectivity index (χ2v) is 6.61. The minimum atomic E-state index is -1.18. The number of carbonyl (C=O) groups excluding carboxylic acids is 2. The Morgan fingerprint density at radius 3 is 2.28 bits per heavy atom. The molecule has 3 rings (SSSR count). The average Bonchev–Trinajstić information content (AvgIpc) is 3.15. The number of carbonyl (C=O) groups is 3. The summed E-state index contributed by atoms with van der Waals surface area (Å²) in [5.41, 5.74) is 0.638. The summed E-state index contributed by atoms with van der Waals surface area (Å²) in [5.74, 6) is -2.48. The molecule has 8 heteroatoms. The van der Waals surface area contributed by atoms with E-state index < -0.39 is 17.8 Å². The van der Waals surface area contributed by atoms with Gasteiger partial charge in [0, 0.05) is 0 Å². The molecule has 0 saturated carbocycles. The molecule has 3 aromatic rings. The lowest BCUT2D eigenvalue weighted by atomic mass is 10.1. The lowest BCUT2D eigenvalue weighted by Crippen LogP contribution is -2.31. The number of rotatable bonds is 6. The normalized spacial score (nSPS) is 11.0. The summed E-state index contributed by atoms with van der Waals surface area (Å²) in [4.78, 5) is 36.7. The molecule has 3 N–H and O–H groups in total. The zero-order valence-electron chi connectivity index (χ0n) is 14.9. The van der Waals surface area contributed by atoms with E-state index in [0.29, 0.717) is 10.2 Å². The van der Waals surface area contributed by atoms with Gasteiger partial charge in [0.1, 0.15) is 5.70 Å². The maximum atomic E-state index is 12.8. The molecule has 2 amide bonds. The fourth-order valence-electron chi connectivity index (χ4n) is 2.46. The van der Waals surface area contributed by atoms with E-state index in [1.54, 1.807) is 42.5 Å². The SMILES string of the molecule is O=C(Nc1ccccc1C(=O)O)C(=Cc1ccccc1)NC(=O)c1ccc(Br)o1. The second kappa shape index (κ2) is 9.03. The third kappa shape index (κ3) is 5.20. The van der Waals surface area contributed by atoms with Crippen molar-refractivity contribution in [2.45, 2.75) is 0 Å². The number of benzene rings is 2. The van der Waals surface area contributed by atoms with Crippen molar-refractivity contribution in [3.8, 4) is 0 Å². The van der Waals surface area contributed by atoms with Gasteiger partial charge in [0.25, 0.3) is 11.8 Å². The van der Waals surface area contributed by atoms with E-state index in [4.69, 9.17) is 4.42 Å². The quantitative estimate of drug-likeness (QED) is 0.484. The van der Waals surface area contributed by atoms with Gasteiger partial charge in [-0.05, 0) is 51.8 Å². The van der Waals surface area contributed by atoms with E-state index >= 15 is 0 Å². The predicted octanol–water partition coefficient (Wildman–Crippen LogP) is 4.15. The fraction of sp³-hybridized carbons (Fsp3) is 0. The van der Waals surface area contributed by atoms with Crippen molar-refractivity contribution in [3.63, 3.8) is 0 Å². The molecule has 0 unspecified atom stereocenters. The highest BCUT2D eigenvalue weighted by Gasteiger charge is 2.19. The summed E-state index contributed by atoms with van der Waals surface area (Å²) < 4.78 is 5.58. The molecule has 0 fully saturated rings. The Labute approximate surface area is 174 Å². The third-order valence-corrected chi connectivity index (χ3v) is 4.23. The highest BCUT2D eigenvalue weighted by molar-refractivity contribution is 9.10. The largest absolute Gasteiger partial charge is 0.478 e. The van der Waals surface area contributed by atoms with Crippen LogP contribution in [0.5, 0.6) is 0 Å². The van der Waals surface area contributed by atoms with Crippen LogP contribution in [0, 0.1) is 0 Å². The first-order chi connectivity index (χ1) is 13.9. The predicted molar refractivity (Wildman–Crippen MR) is 110 cm³/mol. The van der Waals surface area contributed by atoms with Crippen LogP contribution in [0.3, 0.4) is 0 Å². The van der Waals surface area contributed by atoms with E-state index in [1.807, 2.05) is 6.07 Å². The maximum Gasteiger partial charge on any atom is 0.337 e. The molecule has 0 spiro atoms. The molecule has 0 aliphatic rings. The van der Waals surface area contributed by atoms with Crippen molar-refractivity contribution >= 4 is 45.5 Å². The van der Waals surface area contributed by atoms with E-state index in [9.17, 15) is 19.5 Å². The average molecular weight is 455 g/mol. The topological polar surface area (TPSA) is 109 Å². The number of halogens is 1. The summed E-state index contributed by atoms with van der Waals surface area (Å²) in [7, 11) is 0. The van der Waals surface area contributed by atoms with Crippen LogP contribution in [-0.2, 0) is 4.79 Å². The van der Waals surface area contributed by atoms with Crippen LogP contribution in [0.2, 0.25) is 0 Å². The van der Waals surface area contributed by atoms with Crippen LogP contribution in [-0.4, -0.2) is 22.9 Å². The Kier molecular flexibility index (Phi) is 6.25. The Balaban J connectivity index is 1.90. The Hall–Kier alpha value is -3.65. The Morgan fingerprint density at radius 2 is 1.62 bits per heavy atom. The van der Waals surface area contributed by atoms with E-state index in [0.717, 1.165) is 0 Å². The summed E-state index contributed by atoms with van der Waals surface area (Å²) >= 11 is 3.12. The van der Waals surface area contributed by atoms with Gasteiger partial charge in [-0.15, -0.1) is 0 Å². The van der Waals surface area contributed by atoms with E-state index in [-0.39, 0.29) is 22.7 Å². The zero-order valence-corrected chi connectivity index (χ0v) is 16.5. The summed E-state index contributed by atoms with van der Waals surface area (Å²) in [6.07, 6.45) is 1.48. The molecule has 7 nitrogen and oxygen atoms in total. The van der Waals surface area contributed by atoms with Crippen molar-refractivity contribution in [1.29, 1.82) is 0 Å². The number of hydrogen-bond donors (Lipinski definition) is 3. The van der Waals surface area contributed by atoms with E-state index in [1.165, 1.54) is 24.3 Å². The zero-order chi connectivity index (χ0) is 20.8. The number of amides is 2. The molecule has 29 heavy (non-hydrogen) atoms. The first kappa shape index (κ1) is 20.1. The van der Waals surface area contributed by atoms with Crippen LogP contribution in [0.4, 0.5) is 5.69 Å². The highest BCUT2D eigenvalue weighted by atomic mass is 79.9. The molecule has 0 aliphatic carbocycles. The fourth-order valence-corrected chi connectivity index (χ4v) is 2.77. The first-order valence-electron chi connectivity index (χ1n) is 8.41. The molecule has 1 aromatic heterocycles. The Bertz CT molecular complexity index is 1090. The number of anilines is 1. The van der Waals surface area contributed by atoms with Gasteiger partial charge in [-0.2, -0.15) is 0 Å². The monoisotopic (exact) mass is 454 g/mol. The van der Waals surface area contributed by atoms with Crippen molar-refractivity contribution in [2.75, 3.05) is 5.32 Å². The van der Waals surface area contributed by atoms with Crippen LogP contribution >= 0.6 is 15.9 Å². The van der Waals surface area contributed by atoms with Gasteiger partial charge in [-0.3, -0.25) is 9.59 Å². The van der Waals surface area contributed by atoms with Gasteiger partial charge >= 0.3 is 5.97 Å². The number of carboxylic acids is 1. The van der Waals surface area contributed by atoms with Gasteiger partial charge in [0.15, 0.2) is 10.4 Å². The molecule has 0 radical (unpaired) electrons. The molecule has 0 atom stereocenters. The van der Waals surface area contributed by atoms with Crippen molar-refractivity contribution < 1.29 is 23.9 Å². The van der Waals surface area contributed by atoms with Gasteiger partial charge in [0.2, 0.25) is 0 Å². The number of carboxylic acid groups (broad SMARTS) is 1. The summed E-state index contributed by atoms with van der Waals surface area (Å²) in [5, 5.41) is 14.3. The van der Waals surface area contributed by atoms with Crippen LogP contribution in [0.15, 0.2) is 81.5 Å². The van der Waals surface area contributed by atoms with Gasteiger partial charge in [-0.25, -0.2) is 4.79 Å². The number of furan rings is 1. The van der Waals surface area contributed by atoms with Crippen molar-refractivity contribution in [1.82, 2.24) is 5.32 Å². The van der Waals surface area contributed by atoms with Gasteiger partial charge in [0.05, 0.1) is 11.3 Å². The van der Waals surface area contributed by atoms with Crippen molar-refractivity contribution in [2.24, 2.45) is 0 Å². The third-order valence-electron chi connectivity index (χ3n) is 3.81.